The molecular formula is C96H58N16O8S8. The molecule has 29 rings (SSSR count). The van der Waals surface area contributed by atoms with E-state index in [2.05, 4.69) is 58.5 Å². The van der Waals surface area contributed by atoms with E-state index in [1.165, 1.54) is 94.1 Å². The van der Waals surface area contributed by atoms with Crippen molar-refractivity contribution in [1.29, 1.82) is 0 Å². The summed E-state index contributed by atoms with van der Waals surface area (Å²) >= 11 is 11.7. The predicted octanol–water partition coefficient (Wildman–Crippen LogP) is 18.9. The number of anilines is 8. The fourth-order valence-corrected chi connectivity index (χ4v) is 26.8. The zero-order valence-corrected chi connectivity index (χ0v) is 73.1. The third-order valence-electron chi connectivity index (χ3n) is 23.9. The Labute approximate surface area is 761 Å². The molecule has 618 valence electrons. The molecule has 12 aromatic carbocycles. The number of rotatable bonds is 0. The molecule has 0 saturated carbocycles. The lowest BCUT2D eigenvalue weighted by Gasteiger charge is -2.36. The van der Waals surface area contributed by atoms with Gasteiger partial charge in [-0.15, -0.1) is 0 Å². The second-order valence-corrected chi connectivity index (χ2v) is 40.1. The van der Waals surface area contributed by atoms with Crippen molar-refractivity contribution in [2.45, 2.75) is 78.3 Å². The smallest absolute Gasteiger partial charge is 0.247 e. The van der Waals surface area contributed by atoms with E-state index >= 15 is 0 Å². The molecular weight excluding hydrogens is 1760 g/mol. The molecule has 0 atom stereocenters. The average Bonchev–Trinajstić information content (AvgIpc) is 1.56. The van der Waals surface area contributed by atoms with Gasteiger partial charge >= 0.3 is 0 Å². The van der Waals surface area contributed by atoms with Gasteiger partial charge in [0.1, 0.15) is 74.9 Å². The van der Waals surface area contributed by atoms with Crippen molar-refractivity contribution < 1.29 is 38.4 Å². The van der Waals surface area contributed by atoms with Gasteiger partial charge in [-0.3, -0.25) is 38.4 Å². The summed E-state index contributed by atoms with van der Waals surface area (Å²) in [6, 6.07) is 77.8. The van der Waals surface area contributed by atoms with E-state index < -0.39 is 0 Å². The maximum atomic E-state index is 14.5. The van der Waals surface area contributed by atoms with E-state index in [1.54, 1.807) is 39.2 Å². The number of hydrogen-bond donors (Lipinski definition) is 2. The summed E-state index contributed by atoms with van der Waals surface area (Å²) < 4.78 is 0. The molecule has 14 aliphatic rings. The molecule has 0 spiro atoms. The second-order valence-electron chi connectivity index (χ2n) is 31.4. The number of carbonyl (C=O) groups excluding carboxylic acids is 8. The van der Waals surface area contributed by atoms with Crippen LogP contribution >= 0.6 is 94.1 Å². The molecule has 4 saturated heterocycles. The number of para-hydroxylation sites is 8. The molecule has 15 aromatic rings. The van der Waals surface area contributed by atoms with Crippen molar-refractivity contribution in [3.05, 3.63) is 243 Å². The molecule has 14 aliphatic heterocycles. The van der Waals surface area contributed by atoms with Gasteiger partial charge in [-0.2, -0.15) is 0 Å². The summed E-state index contributed by atoms with van der Waals surface area (Å²) in [5.41, 5.74) is 8.56. The molecule has 128 heavy (non-hydrogen) atoms. The van der Waals surface area contributed by atoms with Crippen molar-refractivity contribution in [2.24, 2.45) is 0 Å². The number of carbonyl (C=O) groups is 8. The van der Waals surface area contributed by atoms with Crippen molar-refractivity contribution in [3.8, 4) is 45.6 Å². The van der Waals surface area contributed by atoms with Crippen molar-refractivity contribution in [2.75, 3.05) is 91.6 Å². The molecule has 2 N–H and O–H groups in total. The Morgan fingerprint density at radius 3 is 0.500 bits per heavy atom. The number of nitrogens with zero attached hydrogens (tertiary/aromatic N) is 14. The Kier molecular flexibility index (Phi) is 18.1. The number of benzene rings is 12. The summed E-state index contributed by atoms with van der Waals surface area (Å²) in [6.07, 6.45) is 0. The van der Waals surface area contributed by atoms with Gasteiger partial charge in [0.05, 0.1) is 45.5 Å². The zero-order chi connectivity index (χ0) is 85.6. The average molecular weight is 1820 g/mol. The number of nitrogens with one attached hydrogen (secondary N) is 2. The minimum Gasteiger partial charge on any atom is -0.324 e. The predicted molar refractivity (Wildman–Crippen MR) is 499 cm³/mol. The van der Waals surface area contributed by atoms with Crippen LogP contribution < -0.4 is 39.2 Å². The van der Waals surface area contributed by atoms with Gasteiger partial charge in [0.15, 0.2) is 23.3 Å². The fraction of sp³-hybridized carbons (Fsp3) is 0.0833. The summed E-state index contributed by atoms with van der Waals surface area (Å²) in [6.45, 7) is -1.33. The van der Waals surface area contributed by atoms with E-state index in [4.69, 9.17) is 29.9 Å². The number of fused-ring (bicyclic) bond motifs is 28. The largest absolute Gasteiger partial charge is 0.324 e. The van der Waals surface area contributed by atoms with Gasteiger partial charge in [0.2, 0.25) is 47.3 Å². The zero-order valence-electron chi connectivity index (χ0n) is 66.5. The van der Waals surface area contributed by atoms with Crippen LogP contribution in [0.5, 0.6) is 0 Å². The molecule has 8 amide bonds. The van der Waals surface area contributed by atoms with Crippen LogP contribution in [-0.4, -0.2) is 139 Å². The van der Waals surface area contributed by atoms with Crippen LogP contribution in [-0.2, 0) is 38.4 Å². The van der Waals surface area contributed by atoms with E-state index in [9.17, 15) is 38.4 Å². The Hall–Kier alpha value is -13.4. The normalized spacial score (nSPS) is 16.2. The van der Waals surface area contributed by atoms with Crippen LogP contribution in [0.25, 0.3) is 89.7 Å². The first kappa shape index (κ1) is 76.9. The maximum absolute atomic E-state index is 14.5. The molecule has 0 aliphatic carbocycles. The Bertz CT molecular complexity index is 6930. The van der Waals surface area contributed by atoms with Gasteiger partial charge in [-0.05, 0) is 146 Å². The molecule has 17 heterocycles. The van der Waals surface area contributed by atoms with Crippen LogP contribution in [0.3, 0.4) is 0 Å². The lowest BCUT2D eigenvalue weighted by Crippen LogP contribution is -2.54. The summed E-state index contributed by atoms with van der Waals surface area (Å²) in [4.78, 5) is 183. The third kappa shape index (κ3) is 12.8. The van der Waals surface area contributed by atoms with Gasteiger partial charge in [-0.25, -0.2) is 29.9 Å². The topological polar surface area (TPSA) is 271 Å². The van der Waals surface area contributed by atoms with E-state index in [0.717, 1.165) is 78.3 Å². The lowest BCUT2D eigenvalue weighted by atomic mass is 10.1. The first-order chi connectivity index (χ1) is 62.6. The van der Waals surface area contributed by atoms with E-state index in [-0.39, 0.29) is 123 Å². The number of aromatic amines is 2. The number of hydrogen-bond acceptors (Lipinski definition) is 22. The molecule has 4 fully saturated rings. The Balaban J connectivity index is 0.795. The van der Waals surface area contributed by atoms with Gasteiger partial charge < -0.3 is 49.2 Å². The Morgan fingerprint density at radius 2 is 0.336 bits per heavy atom. The van der Waals surface area contributed by atoms with E-state index in [1.807, 2.05) is 194 Å². The standard InChI is InChI=1S/C96H58N16O8S8/c113-81-42-106-58-18-2-10-26-66(58)122-74-34-50-49(33-73(74)121-65-25-9-1-17-57(65)105(81)41-82(106)114)89-97-90(50)102-92-53-37-77-78(126-70-30-14-6-22-62(70)110-46-85(117)109(45-86(110)118)61-21-5-13-29-69(61)125-77)38-54(53)94(99-92)104-96-56-40-80-79(127-71-31-15-7-23-63(71)111-47-88(120)112(48-87(111)119)64-24-8-16-32-72(64)128-80)39-55(56)95(100-96)103-93-52-36-76-75(35-51(52)91(98-93)101-89)123-67-27-11-3-19-59(67)107-43-84(116)108(44-83(107)115)60-20-4-12-28-68(60)124-76/h1-40H,41-48H2,(H2,97,98,99,100,101,102,103,104). The highest BCUT2D eigenvalue weighted by Gasteiger charge is 2.42. The van der Waals surface area contributed by atoms with Crippen LogP contribution in [0.4, 0.5) is 45.5 Å². The third-order valence-corrected chi connectivity index (χ3v) is 33.4. The van der Waals surface area contributed by atoms with Crippen LogP contribution in [0.15, 0.2) is 321 Å². The molecule has 0 unspecified atom stereocenters. The van der Waals surface area contributed by atoms with Gasteiger partial charge in [0.25, 0.3) is 0 Å². The number of piperazine rings is 4. The Morgan fingerprint density at radius 1 is 0.188 bits per heavy atom. The van der Waals surface area contributed by atoms with Crippen molar-refractivity contribution >= 4 is 231 Å². The molecule has 24 nitrogen and oxygen atoms in total. The minimum absolute atomic E-state index is 0.167. The fourth-order valence-electron chi connectivity index (χ4n) is 17.8. The number of amides is 8. The van der Waals surface area contributed by atoms with Crippen molar-refractivity contribution in [1.82, 2.24) is 39.9 Å². The van der Waals surface area contributed by atoms with E-state index in [0.29, 0.717) is 112 Å². The second kappa shape index (κ2) is 30.1. The minimum atomic E-state index is -0.227. The quantitative estimate of drug-likeness (QED) is 0.143. The summed E-state index contributed by atoms with van der Waals surface area (Å²) in [5.74, 6) is -0.708. The molecule has 16 bridgehead atoms. The first-order valence-corrected chi connectivity index (χ1v) is 47.3. The highest BCUT2D eigenvalue weighted by Crippen LogP contribution is 2.56. The van der Waals surface area contributed by atoms with Crippen molar-refractivity contribution in [3.63, 3.8) is 0 Å². The summed E-state index contributed by atoms with van der Waals surface area (Å²) in [5, 5.41) is 2.54. The first-order valence-electron chi connectivity index (χ1n) is 40.8. The van der Waals surface area contributed by atoms with Gasteiger partial charge in [-0.1, -0.05) is 191 Å². The highest BCUT2D eigenvalue weighted by atomic mass is 32.2. The number of H-pyrrole nitrogens is 2. The SMILES string of the molecule is O=C1CN2C(=O)CN1c1ccccc1Sc1cc3c(cc1Sc1ccccc12)-c1nc-3nc2[nH]c(nc3nc(nc4[nH]c(n1)c1cc5c(cc41)Sc1ccccc1N1CC(=O)N(CC1=O)c1ccccc1S5)-c1cc4c(cc1-3)Sc1ccccc1N1CC(=O)N(CC1=O)c1ccccc1S4)c1cc3c(cc21)Sc1ccccc1N1CC(=O)N(CC1=O)c1ccccc1S3. The molecule has 0 radical (unpaired) electrons. The molecule has 32 heteroatoms. The number of aromatic nitrogens is 8. The summed E-state index contributed by atoms with van der Waals surface area (Å²) in [7, 11) is 0. The van der Waals surface area contributed by atoms with Gasteiger partial charge in [0, 0.05) is 122 Å². The van der Waals surface area contributed by atoms with Crippen LogP contribution in [0.2, 0.25) is 0 Å². The van der Waals surface area contributed by atoms with Crippen LogP contribution in [0, 0.1) is 0 Å². The monoisotopic (exact) mass is 1820 g/mol. The maximum Gasteiger partial charge on any atom is 0.247 e. The van der Waals surface area contributed by atoms with Crippen LogP contribution in [0.1, 0.15) is 0 Å². The molecule has 3 aromatic heterocycles. The lowest BCUT2D eigenvalue weighted by molar-refractivity contribution is -0.125. The highest BCUT2D eigenvalue weighted by molar-refractivity contribution is 8.04.